The Kier molecular flexibility index (Phi) is 5.26. The molecule has 0 amide bonds. The van der Waals surface area contributed by atoms with Crippen LogP contribution in [-0.2, 0) is 16.1 Å². The minimum atomic E-state index is -0.488. The van der Waals surface area contributed by atoms with E-state index in [9.17, 15) is 4.79 Å². The number of halogens is 1. The molecule has 6 heteroatoms. The summed E-state index contributed by atoms with van der Waals surface area (Å²) in [4.78, 5) is 15.9. The number of hydrogen-bond donors (Lipinski definition) is 0. The van der Waals surface area contributed by atoms with Gasteiger partial charge in [-0.15, -0.1) is 0 Å². The van der Waals surface area contributed by atoms with Crippen LogP contribution in [0.15, 0.2) is 59.1 Å². The summed E-state index contributed by atoms with van der Waals surface area (Å²) >= 11 is 6.09. The Balaban J connectivity index is 1.58. The molecular formula is C19H15ClN2O3. The maximum atomic E-state index is 11.8. The number of carbonyl (C=O) groups is 1. The van der Waals surface area contributed by atoms with E-state index in [1.807, 2.05) is 43.3 Å². The van der Waals surface area contributed by atoms with E-state index in [1.165, 1.54) is 6.08 Å². The van der Waals surface area contributed by atoms with Gasteiger partial charge >= 0.3 is 5.97 Å². The van der Waals surface area contributed by atoms with Crippen molar-refractivity contribution in [3.63, 3.8) is 0 Å². The van der Waals surface area contributed by atoms with E-state index >= 15 is 0 Å². The molecule has 2 aromatic carbocycles. The van der Waals surface area contributed by atoms with Crippen molar-refractivity contribution in [1.82, 2.24) is 10.1 Å². The first-order chi connectivity index (χ1) is 12.1. The Bertz CT molecular complexity index is 901. The maximum absolute atomic E-state index is 11.8. The first-order valence-electron chi connectivity index (χ1n) is 7.61. The predicted octanol–water partition coefficient (Wildman–Crippen LogP) is 4.46. The van der Waals surface area contributed by atoms with Crippen LogP contribution >= 0.6 is 11.6 Å². The summed E-state index contributed by atoms with van der Waals surface area (Å²) in [6.07, 6.45) is 3.04. The zero-order chi connectivity index (χ0) is 17.6. The van der Waals surface area contributed by atoms with Crippen LogP contribution in [0.5, 0.6) is 0 Å². The number of rotatable bonds is 5. The van der Waals surface area contributed by atoms with Crippen molar-refractivity contribution in [3.05, 3.63) is 76.6 Å². The van der Waals surface area contributed by atoms with Crippen LogP contribution in [0.1, 0.15) is 17.0 Å². The van der Waals surface area contributed by atoms with Gasteiger partial charge in [-0.2, -0.15) is 4.98 Å². The fraction of sp³-hybridized carbons (Fsp3) is 0.105. The average molecular weight is 355 g/mol. The third-order valence-electron chi connectivity index (χ3n) is 3.41. The Morgan fingerprint density at radius 2 is 1.96 bits per heavy atom. The van der Waals surface area contributed by atoms with Crippen LogP contribution < -0.4 is 0 Å². The molecule has 0 radical (unpaired) electrons. The largest absolute Gasteiger partial charge is 0.452 e. The minimum Gasteiger partial charge on any atom is -0.452 e. The first kappa shape index (κ1) is 16.9. The fourth-order valence-corrected chi connectivity index (χ4v) is 2.31. The van der Waals surface area contributed by atoms with Gasteiger partial charge in [0, 0.05) is 11.6 Å². The number of carbonyl (C=O) groups excluding carboxylic acids is 1. The van der Waals surface area contributed by atoms with Gasteiger partial charge in [0.05, 0.1) is 5.02 Å². The normalized spacial score (nSPS) is 11.0. The summed E-state index contributed by atoms with van der Waals surface area (Å²) in [5, 5.41) is 4.37. The van der Waals surface area contributed by atoms with E-state index < -0.39 is 5.97 Å². The highest BCUT2D eigenvalue weighted by Gasteiger charge is 2.12. The van der Waals surface area contributed by atoms with E-state index in [0.717, 1.165) is 11.1 Å². The van der Waals surface area contributed by atoms with Gasteiger partial charge < -0.3 is 9.26 Å². The zero-order valence-electron chi connectivity index (χ0n) is 13.5. The van der Waals surface area contributed by atoms with Gasteiger partial charge in [0.1, 0.15) is 0 Å². The SMILES string of the molecule is Cc1ccc(/C=C/C(=O)OCc2nc(-c3ccccc3Cl)no2)cc1. The van der Waals surface area contributed by atoms with E-state index in [2.05, 4.69) is 10.1 Å². The Morgan fingerprint density at radius 1 is 1.20 bits per heavy atom. The molecule has 0 fully saturated rings. The molecule has 3 rings (SSSR count). The molecule has 0 bridgehead atoms. The molecule has 0 unspecified atom stereocenters. The van der Waals surface area contributed by atoms with Crippen molar-refractivity contribution in [3.8, 4) is 11.4 Å². The zero-order valence-corrected chi connectivity index (χ0v) is 14.2. The summed E-state index contributed by atoms with van der Waals surface area (Å²) in [6.45, 7) is 1.90. The standard InChI is InChI=1S/C19H15ClN2O3/c1-13-6-8-14(9-7-13)10-11-18(23)24-12-17-21-19(22-25-17)15-4-2-3-5-16(15)20/h2-11H,12H2,1H3/b11-10+. The van der Waals surface area contributed by atoms with Crippen LogP contribution in [0.3, 0.4) is 0 Å². The molecule has 25 heavy (non-hydrogen) atoms. The van der Waals surface area contributed by atoms with Gasteiger partial charge in [-0.05, 0) is 30.7 Å². The molecule has 0 aliphatic carbocycles. The Labute approximate surface area is 149 Å². The number of nitrogens with zero attached hydrogens (tertiary/aromatic N) is 2. The van der Waals surface area contributed by atoms with Gasteiger partial charge in [-0.3, -0.25) is 0 Å². The number of esters is 1. The number of benzene rings is 2. The molecule has 5 nitrogen and oxygen atoms in total. The lowest BCUT2D eigenvalue weighted by molar-refractivity contribution is -0.139. The van der Waals surface area contributed by atoms with E-state index in [0.29, 0.717) is 16.4 Å². The van der Waals surface area contributed by atoms with Crippen molar-refractivity contribution >= 4 is 23.6 Å². The van der Waals surface area contributed by atoms with Crippen LogP contribution in [0.4, 0.5) is 0 Å². The van der Waals surface area contributed by atoms with Gasteiger partial charge in [0.25, 0.3) is 5.89 Å². The van der Waals surface area contributed by atoms with E-state index in [4.69, 9.17) is 20.9 Å². The minimum absolute atomic E-state index is 0.103. The van der Waals surface area contributed by atoms with Crippen molar-refractivity contribution < 1.29 is 14.1 Å². The van der Waals surface area contributed by atoms with E-state index in [1.54, 1.807) is 18.2 Å². The second-order valence-corrected chi connectivity index (χ2v) is 5.75. The highest BCUT2D eigenvalue weighted by molar-refractivity contribution is 6.33. The molecule has 0 aliphatic rings. The molecule has 0 N–H and O–H groups in total. The quantitative estimate of drug-likeness (QED) is 0.500. The number of aromatic nitrogens is 2. The smallest absolute Gasteiger partial charge is 0.331 e. The summed E-state index contributed by atoms with van der Waals surface area (Å²) in [5.74, 6) is 0.0666. The summed E-state index contributed by atoms with van der Waals surface area (Å²) in [5.41, 5.74) is 2.73. The predicted molar refractivity (Wildman–Crippen MR) is 94.8 cm³/mol. The molecule has 1 heterocycles. The van der Waals surface area contributed by atoms with Gasteiger partial charge in [0.2, 0.25) is 5.82 Å². The lowest BCUT2D eigenvalue weighted by Crippen LogP contribution is -2.01. The van der Waals surface area contributed by atoms with Crippen molar-refractivity contribution in [2.75, 3.05) is 0 Å². The average Bonchev–Trinajstić information content (AvgIpc) is 3.08. The molecule has 126 valence electrons. The first-order valence-corrected chi connectivity index (χ1v) is 7.98. The second kappa shape index (κ2) is 7.77. The molecule has 0 spiro atoms. The van der Waals surface area contributed by atoms with Crippen LogP contribution in [-0.4, -0.2) is 16.1 Å². The van der Waals surface area contributed by atoms with Crippen LogP contribution in [0.25, 0.3) is 17.5 Å². The van der Waals surface area contributed by atoms with Crippen LogP contribution in [0.2, 0.25) is 5.02 Å². The summed E-state index contributed by atoms with van der Waals surface area (Å²) in [7, 11) is 0. The third-order valence-corrected chi connectivity index (χ3v) is 3.74. The van der Waals surface area contributed by atoms with E-state index in [-0.39, 0.29) is 12.5 Å². The summed E-state index contributed by atoms with van der Waals surface area (Å²) < 4.78 is 10.2. The fourth-order valence-electron chi connectivity index (χ4n) is 2.09. The van der Waals surface area contributed by atoms with Gasteiger partial charge in [-0.1, -0.05) is 58.7 Å². The highest BCUT2D eigenvalue weighted by Crippen LogP contribution is 2.24. The second-order valence-electron chi connectivity index (χ2n) is 5.34. The molecule has 0 saturated heterocycles. The highest BCUT2D eigenvalue weighted by atomic mass is 35.5. The van der Waals surface area contributed by atoms with Crippen molar-refractivity contribution in [2.24, 2.45) is 0 Å². The molecule has 1 aromatic heterocycles. The maximum Gasteiger partial charge on any atom is 0.331 e. The van der Waals surface area contributed by atoms with Crippen molar-refractivity contribution in [1.29, 1.82) is 0 Å². The molecule has 0 aliphatic heterocycles. The molecule has 3 aromatic rings. The molecule has 0 atom stereocenters. The Morgan fingerprint density at radius 3 is 2.72 bits per heavy atom. The molecular weight excluding hydrogens is 340 g/mol. The molecule has 0 saturated carbocycles. The number of ether oxygens (including phenoxy) is 1. The Hall–Kier alpha value is -2.92. The summed E-state index contributed by atoms with van der Waals surface area (Å²) in [6, 6.07) is 15.0. The monoisotopic (exact) mass is 354 g/mol. The lowest BCUT2D eigenvalue weighted by atomic mass is 10.1. The van der Waals surface area contributed by atoms with Gasteiger partial charge in [0.15, 0.2) is 6.61 Å². The third kappa shape index (κ3) is 4.55. The van der Waals surface area contributed by atoms with Crippen molar-refractivity contribution in [2.45, 2.75) is 13.5 Å². The lowest BCUT2D eigenvalue weighted by Gasteiger charge is -1.98. The van der Waals surface area contributed by atoms with Gasteiger partial charge in [-0.25, -0.2) is 4.79 Å². The number of hydrogen-bond acceptors (Lipinski definition) is 5. The topological polar surface area (TPSA) is 65.2 Å². The number of aryl methyl sites for hydroxylation is 1. The van der Waals surface area contributed by atoms with Crippen LogP contribution in [0, 0.1) is 6.92 Å².